The van der Waals surface area contributed by atoms with Crippen molar-refractivity contribution in [3.63, 3.8) is 0 Å². The van der Waals surface area contributed by atoms with Crippen LogP contribution in [0.5, 0.6) is 0 Å². The minimum absolute atomic E-state index is 0.111. The quantitative estimate of drug-likeness (QED) is 0.666. The second-order valence-electron chi connectivity index (χ2n) is 3.85. The van der Waals surface area contributed by atoms with E-state index in [9.17, 15) is 4.79 Å². The predicted octanol–water partition coefficient (Wildman–Crippen LogP) is 1.92. The molecular formula is C10H10Cl2N2O2. The van der Waals surface area contributed by atoms with E-state index in [-0.39, 0.29) is 22.9 Å². The van der Waals surface area contributed by atoms with Crippen molar-refractivity contribution in [3.8, 4) is 0 Å². The van der Waals surface area contributed by atoms with Crippen LogP contribution in [0.25, 0.3) is 0 Å². The van der Waals surface area contributed by atoms with Gasteiger partial charge in [-0.15, -0.1) is 0 Å². The number of nitrogens with two attached hydrogens (primary N) is 1. The lowest BCUT2D eigenvalue weighted by Gasteiger charge is -2.09. The van der Waals surface area contributed by atoms with E-state index in [4.69, 9.17) is 33.7 Å². The highest BCUT2D eigenvalue weighted by Gasteiger charge is 2.47. The zero-order chi connectivity index (χ0) is 11.8. The summed E-state index contributed by atoms with van der Waals surface area (Å²) < 4.78 is 5.06. The molecule has 0 aromatic carbocycles. The van der Waals surface area contributed by atoms with E-state index in [1.54, 1.807) is 12.1 Å². The molecule has 1 aliphatic rings. The van der Waals surface area contributed by atoms with Gasteiger partial charge in [-0.25, -0.2) is 4.98 Å². The Morgan fingerprint density at radius 3 is 2.50 bits per heavy atom. The molecule has 0 amide bonds. The number of hydrogen-bond donors (Lipinski definition) is 1. The number of carbonyl (C=O) groups excluding carboxylic acids is 1. The Hall–Kier alpha value is -0.840. The molecule has 1 aromatic heterocycles. The topological polar surface area (TPSA) is 65.2 Å². The molecule has 1 aromatic rings. The summed E-state index contributed by atoms with van der Waals surface area (Å²) in [7, 11) is 0. The van der Waals surface area contributed by atoms with Crippen LogP contribution in [0.15, 0.2) is 12.1 Å². The average Bonchev–Trinajstić information content (AvgIpc) is 2.93. The van der Waals surface area contributed by atoms with Gasteiger partial charge in [0.05, 0.1) is 0 Å². The van der Waals surface area contributed by atoms with Gasteiger partial charge in [0.2, 0.25) is 0 Å². The number of esters is 1. The molecule has 16 heavy (non-hydrogen) atoms. The van der Waals surface area contributed by atoms with Gasteiger partial charge in [0.1, 0.15) is 22.5 Å². The summed E-state index contributed by atoms with van der Waals surface area (Å²) in [5.74, 6) is -0.378. The van der Waals surface area contributed by atoms with Crippen molar-refractivity contribution in [2.75, 3.05) is 0 Å². The van der Waals surface area contributed by atoms with Crippen molar-refractivity contribution in [2.45, 2.75) is 25.0 Å². The Morgan fingerprint density at radius 1 is 1.44 bits per heavy atom. The van der Waals surface area contributed by atoms with Gasteiger partial charge in [-0.1, -0.05) is 23.2 Å². The third-order valence-corrected chi connectivity index (χ3v) is 2.77. The van der Waals surface area contributed by atoms with Gasteiger partial charge in [-0.3, -0.25) is 4.79 Å². The number of rotatable bonds is 3. The minimum atomic E-state index is -0.763. The smallest absolute Gasteiger partial charge is 0.326 e. The maximum absolute atomic E-state index is 11.4. The van der Waals surface area contributed by atoms with Crippen molar-refractivity contribution in [1.82, 2.24) is 4.98 Å². The third-order valence-electron chi connectivity index (χ3n) is 2.39. The van der Waals surface area contributed by atoms with E-state index in [0.717, 1.165) is 0 Å². The van der Waals surface area contributed by atoms with Crippen molar-refractivity contribution in [2.24, 2.45) is 5.73 Å². The summed E-state index contributed by atoms with van der Waals surface area (Å²) >= 11 is 11.4. The van der Waals surface area contributed by atoms with Gasteiger partial charge >= 0.3 is 5.97 Å². The normalized spacial score (nSPS) is 16.9. The molecule has 0 aliphatic heterocycles. The summed E-state index contributed by atoms with van der Waals surface area (Å²) in [4.78, 5) is 15.2. The number of aromatic nitrogens is 1. The lowest BCUT2D eigenvalue weighted by Crippen LogP contribution is -2.34. The number of hydrogen-bond acceptors (Lipinski definition) is 4. The predicted molar refractivity (Wildman–Crippen MR) is 60.2 cm³/mol. The molecule has 0 atom stereocenters. The number of halogens is 2. The Labute approximate surface area is 103 Å². The first-order valence-electron chi connectivity index (χ1n) is 4.78. The molecule has 0 bridgehead atoms. The van der Waals surface area contributed by atoms with E-state index in [2.05, 4.69) is 4.98 Å². The van der Waals surface area contributed by atoms with Crippen LogP contribution >= 0.6 is 23.2 Å². The highest BCUT2D eigenvalue weighted by Crippen LogP contribution is 2.33. The molecule has 86 valence electrons. The van der Waals surface area contributed by atoms with Crippen molar-refractivity contribution in [1.29, 1.82) is 0 Å². The first-order chi connectivity index (χ1) is 7.49. The fraction of sp³-hybridized carbons (Fsp3) is 0.400. The summed E-state index contributed by atoms with van der Waals surface area (Å²) in [5.41, 5.74) is 5.61. The summed E-state index contributed by atoms with van der Waals surface area (Å²) in [6.45, 7) is 0.111. The molecule has 1 fully saturated rings. The highest BCUT2D eigenvalue weighted by molar-refractivity contribution is 6.32. The Balaban J connectivity index is 1.96. The van der Waals surface area contributed by atoms with Gasteiger partial charge in [0.25, 0.3) is 0 Å². The number of pyridine rings is 1. The molecular weight excluding hydrogens is 251 g/mol. The van der Waals surface area contributed by atoms with Crippen molar-refractivity contribution < 1.29 is 9.53 Å². The fourth-order valence-corrected chi connectivity index (χ4v) is 1.73. The second-order valence-corrected chi connectivity index (χ2v) is 4.63. The second kappa shape index (κ2) is 4.20. The van der Waals surface area contributed by atoms with E-state index >= 15 is 0 Å². The largest absolute Gasteiger partial charge is 0.459 e. The van der Waals surface area contributed by atoms with Gasteiger partial charge in [-0.05, 0) is 30.5 Å². The first kappa shape index (κ1) is 11.6. The van der Waals surface area contributed by atoms with Gasteiger partial charge in [-0.2, -0.15) is 0 Å². The molecule has 0 saturated heterocycles. The number of carbonyl (C=O) groups is 1. The zero-order valence-corrected chi connectivity index (χ0v) is 9.88. The van der Waals surface area contributed by atoms with E-state index < -0.39 is 5.54 Å². The molecule has 0 unspecified atom stereocenters. The SMILES string of the molecule is NC1(C(=O)OCc2cc(Cl)nc(Cl)c2)CC1. The van der Waals surface area contributed by atoms with Crippen LogP contribution in [0.1, 0.15) is 18.4 Å². The molecule has 2 N–H and O–H groups in total. The van der Waals surface area contributed by atoms with Gasteiger partial charge in [0.15, 0.2) is 0 Å². The summed E-state index contributed by atoms with van der Waals surface area (Å²) in [6.07, 6.45) is 1.37. The van der Waals surface area contributed by atoms with Gasteiger partial charge < -0.3 is 10.5 Å². The molecule has 2 rings (SSSR count). The maximum atomic E-state index is 11.4. The lowest BCUT2D eigenvalue weighted by atomic mass is 10.3. The molecule has 0 spiro atoms. The Bertz CT molecular complexity index is 413. The first-order valence-corrected chi connectivity index (χ1v) is 5.53. The van der Waals surface area contributed by atoms with Crippen LogP contribution in [0.4, 0.5) is 0 Å². The molecule has 0 radical (unpaired) electrons. The Morgan fingerprint density at radius 2 is 2.00 bits per heavy atom. The van der Waals surface area contributed by atoms with Crippen LogP contribution in [-0.4, -0.2) is 16.5 Å². The van der Waals surface area contributed by atoms with Crippen LogP contribution in [0.2, 0.25) is 10.3 Å². The van der Waals surface area contributed by atoms with E-state index in [1.165, 1.54) is 0 Å². The molecule has 1 saturated carbocycles. The maximum Gasteiger partial charge on any atom is 0.326 e. The van der Waals surface area contributed by atoms with E-state index in [0.29, 0.717) is 18.4 Å². The summed E-state index contributed by atoms with van der Waals surface area (Å²) in [5, 5.41) is 0.542. The van der Waals surface area contributed by atoms with Gasteiger partial charge in [0, 0.05) is 0 Å². The number of ether oxygens (including phenoxy) is 1. The third kappa shape index (κ3) is 2.64. The van der Waals surface area contributed by atoms with Crippen molar-refractivity contribution in [3.05, 3.63) is 28.0 Å². The van der Waals surface area contributed by atoms with E-state index in [1.807, 2.05) is 0 Å². The molecule has 1 heterocycles. The van der Waals surface area contributed by atoms with Crippen LogP contribution < -0.4 is 5.73 Å². The minimum Gasteiger partial charge on any atom is -0.459 e. The lowest BCUT2D eigenvalue weighted by molar-refractivity contribution is -0.147. The highest BCUT2D eigenvalue weighted by atomic mass is 35.5. The van der Waals surface area contributed by atoms with Crippen molar-refractivity contribution >= 4 is 29.2 Å². The van der Waals surface area contributed by atoms with Crippen LogP contribution in [0, 0.1) is 0 Å². The average molecular weight is 261 g/mol. The van der Waals surface area contributed by atoms with Crippen LogP contribution in [0.3, 0.4) is 0 Å². The standard InChI is InChI=1S/C10H10Cl2N2O2/c11-7-3-6(4-8(12)14-7)5-16-9(15)10(13)1-2-10/h3-4H,1-2,5,13H2. The number of nitrogens with zero attached hydrogens (tertiary/aromatic N) is 1. The van der Waals surface area contributed by atoms with Crippen LogP contribution in [-0.2, 0) is 16.1 Å². The summed E-state index contributed by atoms with van der Waals surface area (Å²) in [6, 6.07) is 3.19. The zero-order valence-electron chi connectivity index (χ0n) is 8.37. The fourth-order valence-electron chi connectivity index (χ4n) is 1.23. The Kier molecular flexibility index (Phi) is 3.06. The molecule has 6 heteroatoms. The molecule has 4 nitrogen and oxygen atoms in total. The monoisotopic (exact) mass is 260 g/mol. The molecule has 1 aliphatic carbocycles.